The van der Waals surface area contributed by atoms with Crippen LogP contribution in [-0.2, 0) is 14.2 Å². The molecule has 0 fully saturated rings. The number of ketones is 1. The molecule has 0 saturated carbocycles. The van der Waals surface area contributed by atoms with Gasteiger partial charge in [-0.3, -0.25) is 4.79 Å². The molecule has 0 heterocycles. The first kappa shape index (κ1) is 27.9. The number of aryl methyl sites for hydroxylation is 1. The molecule has 1 aromatic carbocycles. The fraction of sp³-hybridized carbons (Fsp3) is 0.682. The van der Waals surface area contributed by atoms with Crippen LogP contribution in [0.3, 0.4) is 0 Å². The Kier molecular flexibility index (Phi) is 23.6. The Bertz CT molecular complexity index is 409. The molecule has 0 aliphatic heterocycles. The number of ether oxygens (including phenoxy) is 3. The van der Waals surface area contributed by atoms with Crippen molar-refractivity contribution in [3.63, 3.8) is 0 Å². The molecule has 5 nitrogen and oxygen atoms in total. The fourth-order valence-electron chi connectivity index (χ4n) is 1.76. The molecule has 0 radical (unpaired) electrons. The lowest BCUT2D eigenvalue weighted by molar-refractivity contribution is 0.0139. The molecule has 1 rings (SSSR count). The summed E-state index contributed by atoms with van der Waals surface area (Å²) in [7, 11) is 0. The molecule has 0 saturated heterocycles. The largest absolute Gasteiger partial charge is 0.379 e. The fourth-order valence-corrected chi connectivity index (χ4v) is 1.76. The highest BCUT2D eigenvalue weighted by atomic mass is 16.5. The predicted molar refractivity (Wildman–Crippen MR) is 114 cm³/mol. The average Bonchev–Trinajstić information content (AvgIpc) is 2.68. The van der Waals surface area contributed by atoms with Gasteiger partial charge in [-0.2, -0.15) is 0 Å². The molecule has 0 aromatic heterocycles. The van der Waals surface area contributed by atoms with Gasteiger partial charge in [0.25, 0.3) is 0 Å². The average molecular weight is 384 g/mol. The zero-order chi connectivity index (χ0) is 20.8. The van der Waals surface area contributed by atoms with E-state index < -0.39 is 0 Å². The number of unbranched alkanes of at least 4 members (excludes halogenated alkanes) is 1. The second kappa shape index (κ2) is 22.8. The Morgan fingerprint density at radius 3 is 1.70 bits per heavy atom. The highest BCUT2D eigenvalue weighted by Crippen LogP contribution is 2.02. The Balaban J connectivity index is 0. The minimum atomic E-state index is 0.125. The minimum Gasteiger partial charge on any atom is -0.379 e. The van der Waals surface area contributed by atoms with Gasteiger partial charge in [-0.05, 0) is 33.2 Å². The van der Waals surface area contributed by atoms with E-state index in [0.29, 0.717) is 33.0 Å². The molecule has 5 heteroatoms. The number of hydrogen-bond acceptors (Lipinski definition) is 5. The predicted octanol–water partition coefficient (Wildman–Crippen LogP) is 4.41. The summed E-state index contributed by atoms with van der Waals surface area (Å²) < 4.78 is 15.9. The standard InChI is InChI=1S/C11H25NO3.C9H10O.C2H6/c1-2-3-6-13-8-10-15-11-9-14-7-4-5-12;1-7-3-5-9(6-4-7)8(2)10;1-2/h2-12H2,1H3;3-6H,1-2H3;1-2H3. The number of rotatable bonds is 13. The Morgan fingerprint density at radius 1 is 0.852 bits per heavy atom. The van der Waals surface area contributed by atoms with Gasteiger partial charge in [-0.1, -0.05) is 57.0 Å². The van der Waals surface area contributed by atoms with Gasteiger partial charge in [0.2, 0.25) is 0 Å². The number of nitrogens with two attached hydrogens (primary N) is 1. The third-order valence-electron chi connectivity index (χ3n) is 3.34. The molecule has 0 aliphatic rings. The van der Waals surface area contributed by atoms with Crippen LogP contribution in [0.1, 0.15) is 62.9 Å². The first-order chi connectivity index (χ1) is 13.1. The minimum absolute atomic E-state index is 0.125. The van der Waals surface area contributed by atoms with Crippen LogP contribution in [0.5, 0.6) is 0 Å². The molecule has 27 heavy (non-hydrogen) atoms. The molecule has 0 spiro atoms. The summed E-state index contributed by atoms with van der Waals surface area (Å²) in [6.45, 7) is 14.6. The number of Topliss-reactive ketones (excluding diaryl/α,β-unsaturated/α-hetero) is 1. The molecule has 0 bridgehead atoms. The van der Waals surface area contributed by atoms with Crippen molar-refractivity contribution in [2.75, 3.05) is 46.2 Å². The molecule has 1 aromatic rings. The summed E-state index contributed by atoms with van der Waals surface area (Å²) in [5, 5.41) is 0. The Labute approximate surface area is 166 Å². The van der Waals surface area contributed by atoms with E-state index in [0.717, 1.165) is 31.6 Å². The third kappa shape index (κ3) is 20.9. The lowest BCUT2D eigenvalue weighted by Crippen LogP contribution is -2.11. The second-order valence-electron chi connectivity index (χ2n) is 5.76. The van der Waals surface area contributed by atoms with Crippen molar-refractivity contribution >= 4 is 5.78 Å². The Hall–Kier alpha value is -1.27. The Morgan fingerprint density at radius 2 is 1.30 bits per heavy atom. The van der Waals surface area contributed by atoms with Crippen molar-refractivity contribution in [1.82, 2.24) is 0 Å². The molecule has 0 amide bonds. The van der Waals surface area contributed by atoms with Gasteiger partial charge < -0.3 is 19.9 Å². The summed E-state index contributed by atoms with van der Waals surface area (Å²) in [5.74, 6) is 0.125. The van der Waals surface area contributed by atoms with Gasteiger partial charge in [-0.25, -0.2) is 0 Å². The third-order valence-corrected chi connectivity index (χ3v) is 3.34. The topological polar surface area (TPSA) is 70.8 Å². The number of carbonyl (C=O) groups excluding carboxylic acids is 1. The van der Waals surface area contributed by atoms with Crippen LogP contribution >= 0.6 is 0 Å². The number of carbonyl (C=O) groups is 1. The van der Waals surface area contributed by atoms with E-state index in [1.807, 2.05) is 45.0 Å². The zero-order valence-electron chi connectivity index (χ0n) is 18.1. The van der Waals surface area contributed by atoms with Gasteiger partial charge in [0.05, 0.1) is 26.4 Å². The van der Waals surface area contributed by atoms with Crippen LogP contribution < -0.4 is 5.73 Å². The van der Waals surface area contributed by atoms with Crippen LogP contribution in [0.4, 0.5) is 0 Å². The summed E-state index contributed by atoms with van der Waals surface area (Å²) in [6.07, 6.45) is 3.22. The zero-order valence-corrected chi connectivity index (χ0v) is 18.1. The van der Waals surface area contributed by atoms with E-state index in [4.69, 9.17) is 19.9 Å². The van der Waals surface area contributed by atoms with Crippen LogP contribution in [0.2, 0.25) is 0 Å². The van der Waals surface area contributed by atoms with Crippen molar-refractivity contribution < 1.29 is 19.0 Å². The number of hydrogen-bond donors (Lipinski definition) is 1. The van der Waals surface area contributed by atoms with E-state index in [1.54, 1.807) is 6.92 Å². The van der Waals surface area contributed by atoms with Crippen molar-refractivity contribution in [1.29, 1.82) is 0 Å². The van der Waals surface area contributed by atoms with Crippen LogP contribution in [0, 0.1) is 6.92 Å². The maximum Gasteiger partial charge on any atom is 0.159 e. The van der Waals surface area contributed by atoms with Crippen molar-refractivity contribution in [3.8, 4) is 0 Å². The van der Waals surface area contributed by atoms with Gasteiger partial charge >= 0.3 is 0 Å². The van der Waals surface area contributed by atoms with Gasteiger partial charge in [0, 0.05) is 18.8 Å². The van der Waals surface area contributed by atoms with Gasteiger partial charge in [-0.15, -0.1) is 0 Å². The van der Waals surface area contributed by atoms with E-state index in [9.17, 15) is 4.79 Å². The lowest BCUT2D eigenvalue weighted by Gasteiger charge is -2.06. The molecule has 0 unspecified atom stereocenters. The second-order valence-corrected chi connectivity index (χ2v) is 5.76. The van der Waals surface area contributed by atoms with Crippen LogP contribution in [0.25, 0.3) is 0 Å². The first-order valence-electron chi connectivity index (χ1n) is 10.1. The summed E-state index contributed by atoms with van der Waals surface area (Å²) in [4.78, 5) is 10.8. The highest BCUT2D eigenvalue weighted by molar-refractivity contribution is 5.93. The monoisotopic (exact) mass is 383 g/mol. The normalized spacial score (nSPS) is 9.70. The van der Waals surface area contributed by atoms with E-state index >= 15 is 0 Å². The number of benzene rings is 1. The van der Waals surface area contributed by atoms with Crippen LogP contribution in [-0.4, -0.2) is 52.0 Å². The molecular weight excluding hydrogens is 342 g/mol. The molecule has 2 N–H and O–H groups in total. The molecule has 0 aliphatic carbocycles. The van der Waals surface area contributed by atoms with Crippen molar-refractivity contribution in [2.24, 2.45) is 5.73 Å². The van der Waals surface area contributed by atoms with Crippen LogP contribution in [0.15, 0.2) is 24.3 Å². The smallest absolute Gasteiger partial charge is 0.159 e. The first-order valence-corrected chi connectivity index (χ1v) is 10.1. The summed E-state index contributed by atoms with van der Waals surface area (Å²) >= 11 is 0. The van der Waals surface area contributed by atoms with Crippen molar-refractivity contribution in [2.45, 2.75) is 53.9 Å². The molecule has 158 valence electrons. The van der Waals surface area contributed by atoms with E-state index in [2.05, 4.69) is 6.92 Å². The highest BCUT2D eigenvalue weighted by Gasteiger charge is 1.95. The molecule has 0 atom stereocenters. The quantitative estimate of drug-likeness (QED) is 0.403. The lowest BCUT2D eigenvalue weighted by atomic mass is 10.1. The maximum absolute atomic E-state index is 10.8. The van der Waals surface area contributed by atoms with E-state index in [1.165, 1.54) is 12.0 Å². The summed E-state index contributed by atoms with van der Waals surface area (Å²) in [5.41, 5.74) is 7.29. The maximum atomic E-state index is 10.8. The summed E-state index contributed by atoms with van der Waals surface area (Å²) in [6, 6.07) is 7.57. The SMILES string of the molecule is CC.CC(=O)c1ccc(C)cc1.CCCCOCCOCCOCCCN. The molecular formula is C22H41NO4. The van der Waals surface area contributed by atoms with E-state index in [-0.39, 0.29) is 5.78 Å². The van der Waals surface area contributed by atoms with Gasteiger partial charge in [0.15, 0.2) is 5.78 Å². The van der Waals surface area contributed by atoms with Gasteiger partial charge in [0.1, 0.15) is 0 Å². The van der Waals surface area contributed by atoms with Crippen molar-refractivity contribution in [3.05, 3.63) is 35.4 Å².